The van der Waals surface area contributed by atoms with Gasteiger partial charge in [0.1, 0.15) is 0 Å². The summed E-state index contributed by atoms with van der Waals surface area (Å²) in [5.74, 6) is -1.03. The molecule has 0 atom stereocenters. The first kappa shape index (κ1) is 12.8. The summed E-state index contributed by atoms with van der Waals surface area (Å²) in [5, 5.41) is 11.1. The first-order valence-electron chi connectivity index (χ1n) is 5.64. The number of piperazine rings is 1. The number of carbonyl (C=O) groups is 3. The molecule has 0 bridgehead atoms. The fourth-order valence-electron chi connectivity index (χ4n) is 1.97. The molecule has 0 unspecified atom stereocenters. The second-order valence-corrected chi connectivity index (χ2v) is 4.23. The first-order valence-corrected chi connectivity index (χ1v) is 5.64. The van der Waals surface area contributed by atoms with Gasteiger partial charge in [-0.2, -0.15) is 5.26 Å². The highest BCUT2D eigenvalue weighted by Crippen LogP contribution is 2.23. The Morgan fingerprint density at radius 3 is 2.47 bits per heavy atom. The number of benzene rings is 1. The molecule has 1 aromatic rings. The maximum Gasteiger partial charge on any atom is 0.246 e. The van der Waals surface area contributed by atoms with Crippen molar-refractivity contribution in [3.63, 3.8) is 0 Å². The molecule has 0 saturated carbocycles. The Balaban J connectivity index is 2.47. The van der Waals surface area contributed by atoms with Crippen LogP contribution < -0.4 is 10.2 Å². The van der Waals surface area contributed by atoms with Gasteiger partial charge >= 0.3 is 0 Å². The third kappa shape index (κ3) is 2.60. The van der Waals surface area contributed by atoms with E-state index in [-0.39, 0.29) is 18.9 Å². The van der Waals surface area contributed by atoms with Crippen molar-refractivity contribution in [2.24, 2.45) is 0 Å². The molecule has 1 fully saturated rings. The molecular formula is C13H11N3O3. The number of nitriles is 1. The summed E-state index contributed by atoms with van der Waals surface area (Å²) in [6.07, 6.45) is 0. The van der Waals surface area contributed by atoms with E-state index in [4.69, 9.17) is 5.26 Å². The molecule has 1 aliphatic rings. The normalized spacial score (nSPS) is 14.8. The SMILES string of the molecule is CC(=O)c1ccc(C#N)cc1N1CC(=O)NC(=O)C1. The van der Waals surface area contributed by atoms with Crippen LogP contribution >= 0.6 is 0 Å². The van der Waals surface area contributed by atoms with Gasteiger partial charge in [0.25, 0.3) is 0 Å². The molecule has 0 aliphatic carbocycles. The van der Waals surface area contributed by atoms with E-state index in [1.165, 1.54) is 30.0 Å². The maximum absolute atomic E-state index is 11.6. The maximum atomic E-state index is 11.6. The van der Waals surface area contributed by atoms with E-state index in [9.17, 15) is 14.4 Å². The fourth-order valence-corrected chi connectivity index (χ4v) is 1.97. The zero-order valence-electron chi connectivity index (χ0n) is 10.3. The topological polar surface area (TPSA) is 90.3 Å². The van der Waals surface area contributed by atoms with Gasteiger partial charge in [-0.3, -0.25) is 19.7 Å². The number of nitrogens with one attached hydrogen (secondary N) is 1. The van der Waals surface area contributed by atoms with Crippen molar-refractivity contribution in [2.45, 2.75) is 6.92 Å². The smallest absolute Gasteiger partial charge is 0.246 e. The second kappa shape index (κ2) is 4.90. The number of nitrogens with zero attached hydrogens (tertiary/aromatic N) is 2. The lowest BCUT2D eigenvalue weighted by Crippen LogP contribution is -2.51. The summed E-state index contributed by atoms with van der Waals surface area (Å²) < 4.78 is 0. The van der Waals surface area contributed by atoms with Crippen LogP contribution in [0.5, 0.6) is 0 Å². The van der Waals surface area contributed by atoms with E-state index in [2.05, 4.69) is 5.32 Å². The highest BCUT2D eigenvalue weighted by molar-refractivity contribution is 6.05. The van der Waals surface area contributed by atoms with E-state index < -0.39 is 11.8 Å². The number of anilines is 1. The molecule has 6 nitrogen and oxygen atoms in total. The number of hydrogen-bond donors (Lipinski definition) is 1. The van der Waals surface area contributed by atoms with Crippen LogP contribution in [0.1, 0.15) is 22.8 Å². The van der Waals surface area contributed by atoms with Crippen LogP contribution in [0.2, 0.25) is 0 Å². The average molecular weight is 257 g/mol. The van der Waals surface area contributed by atoms with Crippen molar-refractivity contribution >= 4 is 23.3 Å². The minimum absolute atomic E-state index is 0.0130. The van der Waals surface area contributed by atoms with E-state index in [1.807, 2.05) is 6.07 Å². The minimum atomic E-state index is -0.423. The van der Waals surface area contributed by atoms with Crippen LogP contribution in [0.3, 0.4) is 0 Å². The van der Waals surface area contributed by atoms with Crippen LogP contribution in [0, 0.1) is 11.3 Å². The molecule has 0 radical (unpaired) electrons. The van der Waals surface area contributed by atoms with Crippen LogP contribution in [0.15, 0.2) is 18.2 Å². The quantitative estimate of drug-likeness (QED) is 0.604. The summed E-state index contributed by atoms with van der Waals surface area (Å²) in [7, 11) is 0. The van der Waals surface area contributed by atoms with Crippen molar-refractivity contribution in [1.82, 2.24) is 5.32 Å². The summed E-state index contributed by atoms with van der Waals surface area (Å²) in [4.78, 5) is 35.8. The molecule has 2 rings (SSSR count). The van der Waals surface area contributed by atoms with Crippen LogP contribution in [0.25, 0.3) is 0 Å². The molecule has 1 N–H and O–H groups in total. The number of Topliss-reactive ketones (excluding diaryl/α,β-unsaturated/α-hetero) is 1. The van der Waals surface area contributed by atoms with Gasteiger partial charge in [-0.25, -0.2) is 0 Å². The van der Waals surface area contributed by atoms with Gasteiger partial charge in [-0.15, -0.1) is 0 Å². The molecule has 2 amide bonds. The zero-order valence-corrected chi connectivity index (χ0v) is 10.3. The van der Waals surface area contributed by atoms with Crippen LogP contribution in [-0.2, 0) is 9.59 Å². The molecular weight excluding hydrogens is 246 g/mol. The van der Waals surface area contributed by atoms with Crippen LogP contribution in [-0.4, -0.2) is 30.7 Å². The number of ketones is 1. The highest BCUT2D eigenvalue weighted by Gasteiger charge is 2.25. The standard InChI is InChI=1S/C13H11N3O3/c1-8(17)10-3-2-9(5-14)4-11(10)16-6-12(18)15-13(19)7-16/h2-4H,6-7H2,1H3,(H,15,18,19). The Kier molecular flexibility index (Phi) is 3.29. The van der Waals surface area contributed by atoms with Crippen molar-refractivity contribution in [1.29, 1.82) is 5.26 Å². The summed E-state index contributed by atoms with van der Waals surface area (Å²) in [5.41, 5.74) is 1.20. The summed E-state index contributed by atoms with van der Waals surface area (Å²) in [6, 6.07) is 6.56. The minimum Gasteiger partial charge on any atom is -0.352 e. The van der Waals surface area contributed by atoms with Gasteiger partial charge in [0.05, 0.1) is 24.7 Å². The predicted molar refractivity (Wildman–Crippen MR) is 66.5 cm³/mol. The third-order valence-electron chi connectivity index (χ3n) is 2.79. The average Bonchev–Trinajstić information content (AvgIpc) is 2.36. The predicted octanol–water partition coefficient (Wildman–Crippen LogP) is 0.224. The Morgan fingerprint density at radius 2 is 1.95 bits per heavy atom. The molecule has 0 spiro atoms. The number of carbonyl (C=O) groups excluding carboxylic acids is 3. The Bertz CT molecular complexity index is 600. The third-order valence-corrected chi connectivity index (χ3v) is 2.79. The van der Waals surface area contributed by atoms with Gasteiger partial charge in [-0.1, -0.05) is 0 Å². The zero-order chi connectivity index (χ0) is 14.0. The van der Waals surface area contributed by atoms with Crippen molar-refractivity contribution < 1.29 is 14.4 Å². The molecule has 1 aromatic carbocycles. The van der Waals surface area contributed by atoms with Gasteiger partial charge in [-0.05, 0) is 25.1 Å². The Labute approximate surface area is 109 Å². The number of rotatable bonds is 2. The van der Waals surface area contributed by atoms with Gasteiger partial charge in [0.2, 0.25) is 11.8 Å². The van der Waals surface area contributed by atoms with Crippen LogP contribution in [0.4, 0.5) is 5.69 Å². The molecule has 1 saturated heterocycles. The summed E-state index contributed by atoms with van der Waals surface area (Å²) >= 11 is 0. The van der Waals surface area contributed by atoms with Crippen molar-refractivity contribution in [3.8, 4) is 6.07 Å². The van der Waals surface area contributed by atoms with Gasteiger partial charge < -0.3 is 4.90 Å². The van der Waals surface area contributed by atoms with Crippen molar-refractivity contribution in [2.75, 3.05) is 18.0 Å². The lowest BCUT2D eigenvalue weighted by molar-refractivity contribution is -0.130. The lowest BCUT2D eigenvalue weighted by atomic mass is 10.0. The molecule has 96 valence electrons. The van der Waals surface area contributed by atoms with E-state index >= 15 is 0 Å². The molecule has 6 heteroatoms. The summed E-state index contributed by atoms with van der Waals surface area (Å²) in [6.45, 7) is 1.37. The van der Waals surface area contributed by atoms with Gasteiger partial charge in [0.15, 0.2) is 5.78 Å². The lowest BCUT2D eigenvalue weighted by Gasteiger charge is -2.28. The van der Waals surface area contributed by atoms with E-state index in [1.54, 1.807) is 0 Å². The number of amides is 2. The van der Waals surface area contributed by atoms with E-state index in [0.717, 1.165) is 0 Å². The Morgan fingerprint density at radius 1 is 1.32 bits per heavy atom. The fraction of sp³-hybridized carbons (Fsp3) is 0.231. The van der Waals surface area contributed by atoms with Crippen molar-refractivity contribution in [3.05, 3.63) is 29.3 Å². The molecule has 19 heavy (non-hydrogen) atoms. The number of imide groups is 1. The monoisotopic (exact) mass is 257 g/mol. The van der Waals surface area contributed by atoms with Gasteiger partial charge in [0, 0.05) is 11.3 Å². The highest BCUT2D eigenvalue weighted by atomic mass is 16.2. The molecule has 0 aromatic heterocycles. The second-order valence-electron chi connectivity index (χ2n) is 4.23. The Hall–Kier alpha value is -2.68. The largest absolute Gasteiger partial charge is 0.352 e. The molecule has 1 heterocycles. The van der Waals surface area contributed by atoms with E-state index in [0.29, 0.717) is 16.8 Å². The number of hydrogen-bond acceptors (Lipinski definition) is 5. The first-order chi connectivity index (χ1) is 9.01. The molecule has 1 aliphatic heterocycles.